The Morgan fingerprint density at radius 2 is 1.87 bits per heavy atom. The SMILES string of the molecule is CCOc1ccc(C(C)NC(=O)c2ccccc2[N+](=O)[O-])cc1. The van der Waals surface area contributed by atoms with Gasteiger partial charge in [-0.1, -0.05) is 24.3 Å². The zero-order valence-corrected chi connectivity index (χ0v) is 13.0. The molecule has 6 nitrogen and oxygen atoms in total. The fourth-order valence-corrected chi connectivity index (χ4v) is 2.20. The molecule has 1 atom stereocenters. The maximum absolute atomic E-state index is 12.3. The Hall–Kier alpha value is -2.89. The Morgan fingerprint density at radius 1 is 1.22 bits per heavy atom. The summed E-state index contributed by atoms with van der Waals surface area (Å²) in [5.74, 6) is 0.284. The van der Waals surface area contributed by atoms with Crippen LogP contribution >= 0.6 is 0 Å². The number of ether oxygens (including phenoxy) is 1. The maximum atomic E-state index is 12.3. The number of rotatable bonds is 6. The van der Waals surface area contributed by atoms with E-state index in [1.165, 1.54) is 18.2 Å². The standard InChI is InChI=1S/C17H18N2O4/c1-3-23-14-10-8-13(9-11-14)12(2)18-17(20)15-6-4-5-7-16(15)19(21)22/h4-12H,3H2,1-2H3,(H,18,20). The van der Waals surface area contributed by atoms with Crippen LogP contribution in [0.25, 0.3) is 0 Å². The lowest BCUT2D eigenvalue weighted by Crippen LogP contribution is -2.27. The first-order valence-electron chi connectivity index (χ1n) is 7.30. The van der Waals surface area contributed by atoms with Gasteiger partial charge in [0.05, 0.1) is 17.6 Å². The van der Waals surface area contributed by atoms with Gasteiger partial charge in [-0.2, -0.15) is 0 Å². The van der Waals surface area contributed by atoms with Crippen LogP contribution in [0.1, 0.15) is 35.8 Å². The molecule has 2 aromatic carbocycles. The predicted molar refractivity (Wildman–Crippen MR) is 86.6 cm³/mol. The predicted octanol–water partition coefficient (Wildman–Crippen LogP) is 3.48. The van der Waals surface area contributed by atoms with Gasteiger partial charge in [-0.05, 0) is 37.6 Å². The topological polar surface area (TPSA) is 81.5 Å². The molecule has 0 aliphatic carbocycles. The molecule has 0 aromatic heterocycles. The summed E-state index contributed by atoms with van der Waals surface area (Å²) in [6.45, 7) is 4.31. The van der Waals surface area contributed by atoms with E-state index >= 15 is 0 Å². The largest absolute Gasteiger partial charge is 0.494 e. The van der Waals surface area contributed by atoms with Crippen LogP contribution in [0.15, 0.2) is 48.5 Å². The van der Waals surface area contributed by atoms with E-state index < -0.39 is 10.8 Å². The average molecular weight is 314 g/mol. The number of nitrogens with one attached hydrogen (secondary N) is 1. The highest BCUT2D eigenvalue weighted by Crippen LogP contribution is 2.21. The Bertz CT molecular complexity index is 698. The monoisotopic (exact) mass is 314 g/mol. The van der Waals surface area contributed by atoms with Crippen LogP contribution in [-0.4, -0.2) is 17.4 Å². The Labute approximate surface area is 134 Å². The van der Waals surface area contributed by atoms with Crippen molar-refractivity contribution in [2.24, 2.45) is 0 Å². The second-order valence-corrected chi connectivity index (χ2v) is 4.97. The summed E-state index contributed by atoms with van der Waals surface area (Å²) in [6, 6.07) is 13.0. The molecule has 1 amide bonds. The molecule has 2 rings (SSSR count). The third kappa shape index (κ3) is 4.06. The van der Waals surface area contributed by atoms with Gasteiger partial charge in [0.25, 0.3) is 11.6 Å². The fraction of sp³-hybridized carbons (Fsp3) is 0.235. The van der Waals surface area contributed by atoms with E-state index in [0.29, 0.717) is 6.61 Å². The van der Waals surface area contributed by atoms with Crippen molar-refractivity contribution in [2.45, 2.75) is 19.9 Å². The van der Waals surface area contributed by atoms with Crippen LogP contribution in [0, 0.1) is 10.1 Å². The number of nitro benzene ring substituents is 1. The molecule has 2 aromatic rings. The lowest BCUT2D eigenvalue weighted by Gasteiger charge is -2.15. The number of hydrogen-bond acceptors (Lipinski definition) is 4. The van der Waals surface area contributed by atoms with Crippen molar-refractivity contribution in [3.05, 3.63) is 69.8 Å². The normalized spacial score (nSPS) is 11.6. The minimum atomic E-state index is -0.559. The summed E-state index contributed by atoms with van der Waals surface area (Å²) in [4.78, 5) is 22.7. The lowest BCUT2D eigenvalue weighted by molar-refractivity contribution is -0.385. The van der Waals surface area contributed by atoms with Crippen molar-refractivity contribution < 1.29 is 14.5 Å². The Morgan fingerprint density at radius 3 is 2.48 bits per heavy atom. The van der Waals surface area contributed by atoms with E-state index in [4.69, 9.17) is 4.74 Å². The molecular formula is C17H18N2O4. The van der Waals surface area contributed by atoms with E-state index in [1.807, 2.05) is 38.1 Å². The van der Waals surface area contributed by atoms with Crippen LogP contribution in [0.3, 0.4) is 0 Å². The minimum absolute atomic E-state index is 0.0512. The summed E-state index contributed by atoms with van der Waals surface area (Å²) in [6.07, 6.45) is 0. The number of carbonyl (C=O) groups is 1. The molecule has 0 bridgehead atoms. The van der Waals surface area contributed by atoms with Gasteiger partial charge in [-0.25, -0.2) is 0 Å². The molecule has 0 fully saturated rings. The summed E-state index contributed by atoms with van der Waals surface area (Å²) in [7, 11) is 0. The molecule has 23 heavy (non-hydrogen) atoms. The lowest BCUT2D eigenvalue weighted by atomic mass is 10.1. The minimum Gasteiger partial charge on any atom is -0.494 e. The zero-order chi connectivity index (χ0) is 16.8. The number of amides is 1. The Balaban J connectivity index is 2.12. The highest BCUT2D eigenvalue weighted by atomic mass is 16.6. The van der Waals surface area contributed by atoms with Crippen molar-refractivity contribution in [1.29, 1.82) is 0 Å². The smallest absolute Gasteiger partial charge is 0.282 e. The summed E-state index contributed by atoms with van der Waals surface area (Å²) < 4.78 is 5.37. The van der Waals surface area contributed by atoms with E-state index in [1.54, 1.807) is 6.07 Å². The van der Waals surface area contributed by atoms with Gasteiger partial charge in [0, 0.05) is 6.07 Å². The van der Waals surface area contributed by atoms with E-state index in [-0.39, 0.29) is 17.3 Å². The molecule has 0 aliphatic heterocycles. The number of nitrogens with zero attached hydrogens (tertiary/aromatic N) is 1. The van der Waals surface area contributed by atoms with Crippen molar-refractivity contribution >= 4 is 11.6 Å². The molecule has 120 valence electrons. The third-order valence-corrected chi connectivity index (χ3v) is 3.38. The van der Waals surface area contributed by atoms with Gasteiger partial charge in [0.15, 0.2) is 0 Å². The molecule has 0 aliphatic rings. The van der Waals surface area contributed by atoms with Gasteiger partial charge < -0.3 is 10.1 Å². The Kier molecular flexibility index (Phi) is 5.30. The summed E-state index contributed by atoms with van der Waals surface area (Å²) in [5, 5.41) is 13.8. The zero-order valence-electron chi connectivity index (χ0n) is 13.0. The summed E-state index contributed by atoms with van der Waals surface area (Å²) >= 11 is 0. The van der Waals surface area contributed by atoms with Gasteiger partial charge >= 0.3 is 0 Å². The van der Waals surface area contributed by atoms with Crippen molar-refractivity contribution in [3.8, 4) is 5.75 Å². The number of carbonyl (C=O) groups excluding carboxylic acids is 1. The van der Waals surface area contributed by atoms with Crippen molar-refractivity contribution in [2.75, 3.05) is 6.61 Å². The van der Waals surface area contributed by atoms with E-state index in [2.05, 4.69) is 5.32 Å². The molecule has 0 saturated carbocycles. The molecule has 0 spiro atoms. The fourth-order valence-electron chi connectivity index (χ4n) is 2.20. The third-order valence-electron chi connectivity index (χ3n) is 3.38. The van der Waals surface area contributed by atoms with Crippen LogP contribution in [0.2, 0.25) is 0 Å². The van der Waals surface area contributed by atoms with Crippen LogP contribution < -0.4 is 10.1 Å². The maximum Gasteiger partial charge on any atom is 0.282 e. The highest BCUT2D eigenvalue weighted by molar-refractivity contribution is 5.98. The molecule has 6 heteroatoms. The molecule has 0 heterocycles. The van der Waals surface area contributed by atoms with Gasteiger partial charge in [0.1, 0.15) is 11.3 Å². The van der Waals surface area contributed by atoms with Gasteiger partial charge in [-0.15, -0.1) is 0 Å². The first kappa shape index (κ1) is 16.5. The van der Waals surface area contributed by atoms with E-state index in [0.717, 1.165) is 11.3 Å². The number of benzene rings is 2. The quantitative estimate of drug-likeness (QED) is 0.653. The first-order chi connectivity index (χ1) is 11.0. The van der Waals surface area contributed by atoms with Crippen molar-refractivity contribution in [1.82, 2.24) is 5.32 Å². The average Bonchev–Trinajstić information content (AvgIpc) is 2.55. The first-order valence-corrected chi connectivity index (χ1v) is 7.30. The molecule has 0 saturated heterocycles. The molecule has 1 unspecified atom stereocenters. The van der Waals surface area contributed by atoms with Gasteiger partial charge in [0.2, 0.25) is 0 Å². The van der Waals surface area contributed by atoms with Gasteiger partial charge in [-0.3, -0.25) is 14.9 Å². The second kappa shape index (κ2) is 7.40. The van der Waals surface area contributed by atoms with Crippen molar-refractivity contribution in [3.63, 3.8) is 0 Å². The highest BCUT2D eigenvalue weighted by Gasteiger charge is 2.20. The summed E-state index contributed by atoms with van der Waals surface area (Å²) in [5.41, 5.74) is 0.736. The van der Waals surface area contributed by atoms with Crippen LogP contribution in [0.4, 0.5) is 5.69 Å². The van der Waals surface area contributed by atoms with Crippen LogP contribution in [-0.2, 0) is 0 Å². The second-order valence-electron chi connectivity index (χ2n) is 4.97. The van der Waals surface area contributed by atoms with Crippen LogP contribution in [0.5, 0.6) is 5.75 Å². The number of nitro groups is 1. The molecular weight excluding hydrogens is 296 g/mol. The van der Waals surface area contributed by atoms with E-state index in [9.17, 15) is 14.9 Å². The number of para-hydroxylation sites is 1. The number of hydrogen-bond donors (Lipinski definition) is 1. The molecule has 0 radical (unpaired) electrons. The molecule has 1 N–H and O–H groups in total.